The Morgan fingerprint density at radius 3 is 1.00 bits per heavy atom. The van der Waals surface area contributed by atoms with Gasteiger partial charge in [0.25, 0.3) is 0 Å². The van der Waals surface area contributed by atoms with Crippen LogP contribution in [0.25, 0.3) is 0 Å². The van der Waals surface area contributed by atoms with Gasteiger partial charge in [-0.2, -0.15) is 0 Å². The van der Waals surface area contributed by atoms with Crippen LogP contribution in [0, 0.1) is 7.43 Å². The Bertz CT molecular complexity index is 3.25. The van der Waals surface area contributed by atoms with Gasteiger partial charge in [0.05, 0.1) is 0 Å². The molecule has 0 radical (unpaired) electrons. The van der Waals surface area contributed by atoms with Crippen molar-refractivity contribution in [2.75, 3.05) is 0 Å². The maximum atomic E-state index is 2.00. The normalized spacial score (nSPS) is 1.50. The second-order valence-corrected chi connectivity index (χ2v) is 0. The summed E-state index contributed by atoms with van der Waals surface area (Å²) < 4.78 is 0. The number of hydrogen-bond donors (Lipinski definition) is 0. The Balaban J connectivity index is -0.00000000500. The van der Waals surface area contributed by atoms with Crippen molar-refractivity contribution in [1.82, 2.24) is 0 Å². The minimum Gasteiger partial charge on any atom is -0.358 e. The van der Waals surface area contributed by atoms with Gasteiger partial charge in [-0.05, 0) is 0 Å². The summed E-state index contributed by atoms with van der Waals surface area (Å²) in [6.07, 6.45) is 0. The van der Waals surface area contributed by atoms with Crippen LogP contribution in [0.5, 0.6) is 0 Å². The first-order valence-electron chi connectivity index (χ1n) is 1.00. The summed E-state index contributed by atoms with van der Waals surface area (Å²) in [4.78, 5) is 0. The van der Waals surface area contributed by atoms with Crippen LogP contribution >= 0.6 is 0 Å². The van der Waals surface area contributed by atoms with E-state index in [-0.39, 0.29) is 28.5 Å². The van der Waals surface area contributed by atoms with Crippen LogP contribution in [0.1, 0.15) is 13.8 Å². The van der Waals surface area contributed by atoms with Gasteiger partial charge in [-0.3, -0.25) is 0 Å². The van der Waals surface area contributed by atoms with Crippen LogP contribution in [-0.2, 0) is 21.1 Å². The van der Waals surface area contributed by atoms with Gasteiger partial charge >= 0.3 is 0 Å². The van der Waals surface area contributed by atoms with E-state index in [1.54, 1.807) is 0 Å². The summed E-state index contributed by atoms with van der Waals surface area (Å²) in [6, 6.07) is 0. The quantitative estimate of drug-likeness (QED) is 0.552. The molecule has 28 valence electrons. The first-order valence-corrected chi connectivity index (χ1v) is 1.00. The van der Waals surface area contributed by atoms with E-state index in [9.17, 15) is 0 Å². The molecular weight excluding hydrogens is 220 g/mol. The van der Waals surface area contributed by atoms with E-state index in [4.69, 9.17) is 0 Å². The molecule has 4 heavy (non-hydrogen) atoms. The molecule has 0 N–H and O–H groups in total. The molecule has 0 amide bonds. The Kier molecular flexibility index (Phi) is 315. The molecule has 0 aromatic rings. The molecule has 1 heteroatoms. The molecule has 0 aromatic carbocycles. The van der Waals surface area contributed by atoms with E-state index in [0.717, 1.165) is 0 Å². The van der Waals surface area contributed by atoms with E-state index in [1.807, 2.05) is 13.8 Å². The molecule has 0 spiro atoms. The van der Waals surface area contributed by atoms with Gasteiger partial charge in [-0.1, -0.05) is 13.8 Å². The topological polar surface area (TPSA) is 0 Å². The predicted molar refractivity (Wildman–Crippen MR) is 17.8 cm³/mol. The smallest absolute Gasteiger partial charge is 0 e. The molecule has 0 unspecified atom stereocenters. The second kappa shape index (κ2) is 56.3. The van der Waals surface area contributed by atoms with Gasteiger partial charge in [0, 0.05) is 21.1 Å². The van der Waals surface area contributed by atoms with Crippen LogP contribution in [0.2, 0.25) is 0 Å². The minimum atomic E-state index is 0. The van der Waals surface area contributed by atoms with Crippen LogP contribution in [-0.4, -0.2) is 0 Å². The molecule has 0 aliphatic heterocycles. The summed E-state index contributed by atoms with van der Waals surface area (Å²) in [6.45, 7) is 4.00. The van der Waals surface area contributed by atoms with Crippen molar-refractivity contribution in [2.45, 2.75) is 13.8 Å². The maximum absolute atomic E-state index is 2.00. The average Bonchev–Trinajstić information content (AvgIpc) is 1.00. The summed E-state index contributed by atoms with van der Waals surface area (Å²) in [5.74, 6) is 0. The van der Waals surface area contributed by atoms with Crippen molar-refractivity contribution >= 4 is 0 Å². The Hall–Kier alpha value is 0.688. The van der Waals surface area contributed by atoms with Crippen LogP contribution in [0.15, 0.2) is 0 Å². The molecule has 0 aliphatic carbocycles. The summed E-state index contributed by atoms with van der Waals surface area (Å²) in [5, 5.41) is 0. The Morgan fingerprint density at radius 2 is 1.00 bits per heavy atom. The van der Waals surface area contributed by atoms with E-state index in [0.29, 0.717) is 0 Å². The molecule has 0 saturated heterocycles. The standard InChI is InChI=1S/C2H6.CH3.W/c1-2;;/h1-2H3;1H3;/q;-1;. The fraction of sp³-hybridized carbons (Fsp3) is 0.667. The van der Waals surface area contributed by atoms with Gasteiger partial charge in [-0.15, -0.1) is 0 Å². The van der Waals surface area contributed by atoms with Gasteiger partial charge in [0.2, 0.25) is 0 Å². The van der Waals surface area contributed by atoms with Crippen LogP contribution < -0.4 is 0 Å². The van der Waals surface area contributed by atoms with E-state index in [2.05, 4.69) is 0 Å². The van der Waals surface area contributed by atoms with Crippen molar-refractivity contribution in [3.8, 4) is 0 Å². The fourth-order valence-electron chi connectivity index (χ4n) is 0. The second-order valence-electron chi connectivity index (χ2n) is 0. The Morgan fingerprint density at radius 1 is 1.00 bits per heavy atom. The summed E-state index contributed by atoms with van der Waals surface area (Å²) >= 11 is 0. The molecule has 0 atom stereocenters. The molecule has 0 aromatic heterocycles. The zero-order valence-electron chi connectivity index (χ0n) is 3.41. The maximum Gasteiger partial charge on any atom is 0 e. The van der Waals surface area contributed by atoms with Crippen molar-refractivity contribution in [2.24, 2.45) is 0 Å². The number of rotatable bonds is 0. The minimum absolute atomic E-state index is 0. The first kappa shape index (κ1) is 22.4. The van der Waals surface area contributed by atoms with Gasteiger partial charge < -0.3 is 7.43 Å². The van der Waals surface area contributed by atoms with Gasteiger partial charge in [0.15, 0.2) is 0 Å². The molecule has 0 fully saturated rings. The summed E-state index contributed by atoms with van der Waals surface area (Å²) in [7, 11) is 0. The average molecular weight is 229 g/mol. The van der Waals surface area contributed by atoms with Crippen LogP contribution in [0.3, 0.4) is 0 Å². The van der Waals surface area contributed by atoms with E-state index >= 15 is 0 Å². The molecular formula is C3H9W-. The van der Waals surface area contributed by atoms with Gasteiger partial charge in [0.1, 0.15) is 0 Å². The predicted octanol–water partition coefficient (Wildman–Crippen LogP) is 1.47. The third-order valence-corrected chi connectivity index (χ3v) is 0. The van der Waals surface area contributed by atoms with Gasteiger partial charge in [-0.25, -0.2) is 0 Å². The van der Waals surface area contributed by atoms with Crippen molar-refractivity contribution < 1.29 is 21.1 Å². The van der Waals surface area contributed by atoms with Crippen molar-refractivity contribution in [3.63, 3.8) is 0 Å². The molecule has 0 saturated carbocycles. The zero-order chi connectivity index (χ0) is 2.00. The molecule has 0 aliphatic rings. The monoisotopic (exact) mass is 229 g/mol. The Labute approximate surface area is 42.9 Å². The van der Waals surface area contributed by atoms with E-state index < -0.39 is 0 Å². The molecule has 0 bridgehead atoms. The molecule has 0 heterocycles. The van der Waals surface area contributed by atoms with Crippen molar-refractivity contribution in [1.29, 1.82) is 0 Å². The third kappa shape index (κ3) is 16.2. The fourth-order valence-corrected chi connectivity index (χ4v) is 0. The van der Waals surface area contributed by atoms with Crippen LogP contribution in [0.4, 0.5) is 0 Å². The SMILES string of the molecule is CC.[CH3-].[W]. The largest absolute Gasteiger partial charge is 0.358 e. The first-order chi connectivity index (χ1) is 1.00. The number of hydrogen-bond acceptors (Lipinski definition) is 0. The summed E-state index contributed by atoms with van der Waals surface area (Å²) in [5.41, 5.74) is 0. The molecule has 0 nitrogen and oxygen atoms in total. The van der Waals surface area contributed by atoms with Crippen molar-refractivity contribution in [3.05, 3.63) is 7.43 Å². The zero-order valence-corrected chi connectivity index (χ0v) is 6.34. The third-order valence-electron chi connectivity index (χ3n) is 0. The van der Waals surface area contributed by atoms with E-state index in [1.165, 1.54) is 0 Å². The molecule has 0 rings (SSSR count).